The molecule has 0 saturated carbocycles. The zero-order valence-corrected chi connectivity index (χ0v) is 9.28. The highest BCUT2D eigenvalue weighted by molar-refractivity contribution is 6.31. The van der Waals surface area contributed by atoms with Crippen LogP contribution in [-0.4, -0.2) is 0 Å². The molecule has 1 rings (SSSR count). The standard InChI is InChI=1S/C12H16Cl/c1-4-9-12(2,3)10-7-5-6-8-11(10)13/h5-6,8H,4,9H2,1-3H3. The fourth-order valence-electron chi connectivity index (χ4n) is 1.68. The summed E-state index contributed by atoms with van der Waals surface area (Å²) in [7, 11) is 0. The molecule has 0 aliphatic rings. The molecule has 0 spiro atoms. The molecule has 1 aromatic rings. The minimum absolute atomic E-state index is 0.146. The van der Waals surface area contributed by atoms with E-state index in [1.807, 2.05) is 18.2 Å². The molecule has 0 nitrogen and oxygen atoms in total. The van der Waals surface area contributed by atoms with Gasteiger partial charge in [0.2, 0.25) is 0 Å². The average molecular weight is 196 g/mol. The van der Waals surface area contributed by atoms with Crippen molar-refractivity contribution in [2.75, 3.05) is 0 Å². The SMILES string of the molecule is CCCC(C)(C)c1[c]cccc1Cl. The van der Waals surface area contributed by atoms with Gasteiger partial charge in [0.05, 0.1) is 0 Å². The summed E-state index contributed by atoms with van der Waals surface area (Å²) in [5.74, 6) is 0. The molecule has 0 unspecified atom stereocenters. The maximum Gasteiger partial charge on any atom is 0.0449 e. The van der Waals surface area contributed by atoms with E-state index >= 15 is 0 Å². The third-order valence-corrected chi connectivity index (χ3v) is 2.67. The van der Waals surface area contributed by atoms with Crippen molar-refractivity contribution in [3.63, 3.8) is 0 Å². The minimum atomic E-state index is 0.146. The van der Waals surface area contributed by atoms with Gasteiger partial charge in [-0.15, -0.1) is 0 Å². The summed E-state index contributed by atoms with van der Waals surface area (Å²) in [5.41, 5.74) is 1.28. The zero-order chi connectivity index (χ0) is 9.90. The van der Waals surface area contributed by atoms with Crippen LogP contribution in [0.5, 0.6) is 0 Å². The Balaban J connectivity index is 2.99. The van der Waals surface area contributed by atoms with Crippen LogP contribution >= 0.6 is 11.6 Å². The number of hydrogen-bond acceptors (Lipinski definition) is 0. The van der Waals surface area contributed by atoms with Crippen molar-refractivity contribution < 1.29 is 0 Å². The van der Waals surface area contributed by atoms with Crippen molar-refractivity contribution in [2.24, 2.45) is 0 Å². The first-order chi connectivity index (χ1) is 6.08. The topological polar surface area (TPSA) is 0 Å². The van der Waals surface area contributed by atoms with Crippen molar-refractivity contribution in [3.8, 4) is 0 Å². The van der Waals surface area contributed by atoms with Crippen LogP contribution in [-0.2, 0) is 5.41 Å². The van der Waals surface area contributed by atoms with Gasteiger partial charge in [0.15, 0.2) is 0 Å². The Labute approximate surface area is 85.9 Å². The molecule has 0 bridgehead atoms. The summed E-state index contributed by atoms with van der Waals surface area (Å²) < 4.78 is 0. The van der Waals surface area contributed by atoms with Gasteiger partial charge in [-0.25, -0.2) is 0 Å². The molecule has 13 heavy (non-hydrogen) atoms. The Morgan fingerprint density at radius 2 is 2.15 bits per heavy atom. The first-order valence-corrected chi connectivity index (χ1v) is 5.12. The monoisotopic (exact) mass is 195 g/mol. The van der Waals surface area contributed by atoms with Crippen molar-refractivity contribution in [2.45, 2.75) is 39.0 Å². The van der Waals surface area contributed by atoms with Gasteiger partial charge in [0.25, 0.3) is 0 Å². The summed E-state index contributed by atoms with van der Waals surface area (Å²) in [6.07, 6.45) is 2.32. The molecule has 1 heteroatoms. The summed E-state index contributed by atoms with van der Waals surface area (Å²) in [5, 5.41) is 0.834. The van der Waals surface area contributed by atoms with Crippen molar-refractivity contribution >= 4 is 11.6 Å². The lowest BCUT2D eigenvalue weighted by Crippen LogP contribution is -2.17. The van der Waals surface area contributed by atoms with Gasteiger partial charge in [0.1, 0.15) is 0 Å². The number of halogens is 1. The van der Waals surface area contributed by atoms with E-state index < -0.39 is 0 Å². The fraction of sp³-hybridized carbons (Fsp3) is 0.500. The molecule has 0 aromatic heterocycles. The Bertz CT molecular complexity index is 276. The van der Waals surface area contributed by atoms with Crippen LogP contribution in [0.3, 0.4) is 0 Å². The minimum Gasteiger partial charge on any atom is -0.0840 e. The van der Waals surface area contributed by atoms with Crippen LogP contribution in [0.1, 0.15) is 39.2 Å². The molecule has 0 amide bonds. The van der Waals surface area contributed by atoms with Gasteiger partial charge >= 0.3 is 0 Å². The largest absolute Gasteiger partial charge is 0.0840 e. The number of rotatable bonds is 3. The second-order valence-corrected chi connectivity index (χ2v) is 4.43. The van der Waals surface area contributed by atoms with Crippen LogP contribution in [0.4, 0.5) is 0 Å². The lowest BCUT2D eigenvalue weighted by Gasteiger charge is -2.25. The van der Waals surface area contributed by atoms with Crippen molar-refractivity contribution in [1.29, 1.82) is 0 Å². The van der Waals surface area contributed by atoms with E-state index in [4.69, 9.17) is 11.6 Å². The third kappa shape index (κ3) is 2.47. The second-order valence-electron chi connectivity index (χ2n) is 4.03. The Kier molecular flexibility index (Phi) is 3.38. The quantitative estimate of drug-likeness (QED) is 0.678. The van der Waals surface area contributed by atoms with Crippen molar-refractivity contribution in [1.82, 2.24) is 0 Å². The second kappa shape index (κ2) is 4.15. The lowest BCUT2D eigenvalue weighted by atomic mass is 9.81. The highest BCUT2D eigenvalue weighted by Gasteiger charge is 2.21. The highest BCUT2D eigenvalue weighted by atomic mass is 35.5. The Morgan fingerprint density at radius 1 is 1.46 bits per heavy atom. The summed E-state index contributed by atoms with van der Waals surface area (Å²) >= 11 is 6.11. The van der Waals surface area contributed by atoms with Crippen LogP contribution in [0.2, 0.25) is 5.02 Å². The molecule has 1 radical (unpaired) electrons. The Morgan fingerprint density at radius 3 is 2.69 bits per heavy atom. The maximum atomic E-state index is 6.11. The molecule has 0 saturated heterocycles. The first kappa shape index (κ1) is 10.6. The van der Waals surface area contributed by atoms with E-state index in [1.165, 1.54) is 6.42 Å². The molecule has 0 N–H and O–H groups in total. The smallest absolute Gasteiger partial charge is 0.0449 e. The zero-order valence-electron chi connectivity index (χ0n) is 8.52. The van der Waals surface area contributed by atoms with E-state index in [0.29, 0.717) is 0 Å². The number of hydrogen-bond donors (Lipinski definition) is 0. The summed E-state index contributed by atoms with van der Waals surface area (Å²) in [6, 6.07) is 9.02. The molecule has 0 fully saturated rings. The van der Waals surface area contributed by atoms with Gasteiger partial charge in [-0.2, -0.15) is 0 Å². The van der Waals surface area contributed by atoms with E-state index in [1.54, 1.807) is 0 Å². The predicted octanol–water partition coefficient (Wildman–Crippen LogP) is 4.22. The van der Waals surface area contributed by atoms with Crippen LogP contribution in [0.25, 0.3) is 0 Å². The van der Waals surface area contributed by atoms with E-state index in [0.717, 1.165) is 17.0 Å². The van der Waals surface area contributed by atoms with Crippen LogP contribution in [0.15, 0.2) is 18.2 Å². The highest BCUT2D eigenvalue weighted by Crippen LogP contribution is 2.32. The Hall–Kier alpha value is -0.490. The summed E-state index contributed by atoms with van der Waals surface area (Å²) in [6.45, 7) is 6.63. The number of benzene rings is 1. The van der Waals surface area contributed by atoms with E-state index in [9.17, 15) is 0 Å². The van der Waals surface area contributed by atoms with Gasteiger partial charge in [-0.05, 0) is 29.5 Å². The third-order valence-electron chi connectivity index (χ3n) is 2.36. The molecule has 71 valence electrons. The first-order valence-electron chi connectivity index (χ1n) is 4.74. The van der Waals surface area contributed by atoms with Crippen molar-refractivity contribution in [3.05, 3.63) is 34.9 Å². The summed E-state index contributed by atoms with van der Waals surface area (Å²) in [4.78, 5) is 0. The molecule has 1 aromatic carbocycles. The van der Waals surface area contributed by atoms with E-state index in [2.05, 4.69) is 26.8 Å². The lowest BCUT2D eigenvalue weighted by molar-refractivity contribution is 0.472. The molecular weight excluding hydrogens is 180 g/mol. The molecule has 0 aliphatic heterocycles. The predicted molar refractivity (Wildman–Crippen MR) is 58.2 cm³/mol. The fourth-order valence-corrected chi connectivity index (χ4v) is 2.07. The van der Waals surface area contributed by atoms with E-state index in [-0.39, 0.29) is 5.41 Å². The molecule has 0 aliphatic carbocycles. The molecule has 0 heterocycles. The van der Waals surface area contributed by atoms with Gasteiger partial charge in [-0.3, -0.25) is 0 Å². The van der Waals surface area contributed by atoms with Gasteiger partial charge in [-0.1, -0.05) is 50.9 Å². The maximum absolute atomic E-state index is 6.11. The molecule has 0 atom stereocenters. The average Bonchev–Trinajstić information content (AvgIpc) is 2.04. The van der Waals surface area contributed by atoms with Gasteiger partial charge in [0, 0.05) is 5.02 Å². The van der Waals surface area contributed by atoms with Crippen LogP contribution in [0, 0.1) is 6.07 Å². The van der Waals surface area contributed by atoms with Crippen LogP contribution < -0.4 is 0 Å². The normalized spacial score (nSPS) is 11.7. The molecular formula is C12H16Cl. The van der Waals surface area contributed by atoms with Gasteiger partial charge < -0.3 is 0 Å².